The van der Waals surface area contributed by atoms with Crippen LogP contribution in [-0.2, 0) is 0 Å². The minimum absolute atomic E-state index is 0.0589. The number of benzene rings is 4. The first-order chi connectivity index (χ1) is 19.8. The third-order valence-corrected chi connectivity index (χ3v) is 14.0. The summed E-state index contributed by atoms with van der Waals surface area (Å²) in [5.41, 5.74) is 1.95. The van der Waals surface area contributed by atoms with E-state index in [0.29, 0.717) is 37.2 Å². The number of halogens is 6. The maximum absolute atomic E-state index is 15.6. The summed E-state index contributed by atoms with van der Waals surface area (Å²) < 4.78 is 92.4. The molecule has 1 aliphatic heterocycles. The Morgan fingerprint density at radius 3 is 1.41 bits per heavy atom. The van der Waals surface area contributed by atoms with E-state index in [1.54, 1.807) is 0 Å². The van der Waals surface area contributed by atoms with Crippen molar-refractivity contribution in [3.05, 3.63) is 131 Å². The van der Waals surface area contributed by atoms with Crippen molar-refractivity contribution in [3.63, 3.8) is 0 Å². The molecule has 9 heteroatoms. The van der Waals surface area contributed by atoms with Crippen LogP contribution in [-0.4, -0.2) is 11.0 Å². The quantitative estimate of drug-likeness (QED) is 0.136. The summed E-state index contributed by atoms with van der Waals surface area (Å²) in [6, 6.07) is 21.7. The van der Waals surface area contributed by atoms with Gasteiger partial charge in [-0.15, -0.1) is 0 Å². The molecule has 0 bridgehead atoms. The van der Waals surface area contributed by atoms with Crippen LogP contribution in [0.3, 0.4) is 0 Å². The van der Waals surface area contributed by atoms with Crippen LogP contribution in [0.15, 0.2) is 84.9 Å². The molecule has 4 aromatic carbocycles. The molecule has 0 aliphatic carbocycles. The van der Waals surface area contributed by atoms with E-state index >= 15 is 17.6 Å². The van der Waals surface area contributed by atoms with E-state index in [4.69, 9.17) is 0 Å². The van der Waals surface area contributed by atoms with Gasteiger partial charge in [0.25, 0.3) is 0 Å². The van der Waals surface area contributed by atoms with E-state index < -0.39 is 61.7 Å². The van der Waals surface area contributed by atoms with Crippen molar-refractivity contribution in [1.29, 1.82) is 0 Å². The first-order valence-corrected chi connectivity index (χ1v) is 16.3. The maximum Gasteiger partial charge on any atom is 0.138 e. The molecule has 0 spiro atoms. The van der Waals surface area contributed by atoms with E-state index in [9.17, 15) is 8.78 Å². The van der Waals surface area contributed by atoms with Crippen LogP contribution in [0.4, 0.5) is 26.3 Å². The van der Waals surface area contributed by atoms with E-state index in [1.807, 2.05) is 72.0 Å². The Kier molecular flexibility index (Phi) is 9.49. The van der Waals surface area contributed by atoms with E-state index in [2.05, 4.69) is 0 Å². The molecule has 41 heavy (non-hydrogen) atoms. The highest BCUT2D eigenvalue weighted by Gasteiger charge is 2.46. The fraction of sp³-hybridized carbons (Fsp3) is 0.250. The molecule has 5 rings (SSSR count). The highest BCUT2D eigenvalue weighted by atomic mass is 31.2. The SMILES string of the molecule is CCCCN(P(c1c(F)cc(F)cc1F)c1c(F)cc(F)cc1F)P1[C@@H](c2ccccc2)CC[C@@H]1c1ccccc1. The van der Waals surface area contributed by atoms with Gasteiger partial charge in [-0.3, -0.25) is 4.44 Å². The topological polar surface area (TPSA) is 3.24 Å². The molecule has 0 N–H and O–H groups in total. The second-order valence-corrected chi connectivity index (χ2v) is 14.8. The number of rotatable bonds is 9. The van der Waals surface area contributed by atoms with Gasteiger partial charge in [0.15, 0.2) is 0 Å². The zero-order valence-electron chi connectivity index (χ0n) is 22.4. The van der Waals surface area contributed by atoms with Gasteiger partial charge in [0, 0.05) is 50.2 Å². The average Bonchev–Trinajstić information content (AvgIpc) is 3.38. The van der Waals surface area contributed by atoms with Gasteiger partial charge in [-0.1, -0.05) is 74.0 Å². The molecule has 1 aliphatic rings. The summed E-state index contributed by atoms with van der Waals surface area (Å²) in [7, 11) is -3.89. The molecule has 1 heterocycles. The van der Waals surface area contributed by atoms with Gasteiger partial charge in [0.1, 0.15) is 34.9 Å². The van der Waals surface area contributed by atoms with Gasteiger partial charge in [0.05, 0.1) is 10.6 Å². The van der Waals surface area contributed by atoms with Gasteiger partial charge in [-0.05, 0) is 38.5 Å². The van der Waals surface area contributed by atoms with Crippen molar-refractivity contribution in [2.45, 2.75) is 43.9 Å². The molecule has 1 fully saturated rings. The molecule has 0 unspecified atom stereocenters. The van der Waals surface area contributed by atoms with E-state index in [1.165, 1.54) is 0 Å². The maximum atomic E-state index is 15.6. The van der Waals surface area contributed by atoms with Gasteiger partial charge >= 0.3 is 0 Å². The van der Waals surface area contributed by atoms with Crippen LogP contribution in [0.2, 0.25) is 0 Å². The first kappa shape index (κ1) is 29.8. The van der Waals surface area contributed by atoms with Crippen molar-refractivity contribution >= 4 is 26.8 Å². The van der Waals surface area contributed by atoms with Crippen molar-refractivity contribution in [3.8, 4) is 0 Å². The van der Waals surface area contributed by atoms with Gasteiger partial charge in [0.2, 0.25) is 0 Å². The molecule has 2 atom stereocenters. The molecule has 214 valence electrons. The van der Waals surface area contributed by atoms with E-state index in [-0.39, 0.29) is 11.3 Å². The number of hydrogen-bond donors (Lipinski definition) is 0. The zero-order chi connectivity index (χ0) is 29.1. The second kappa shape index (κ2) is 13.1. The Balaban J connectivity index is 1.78. The van der Waals surface area contributed by atoms with E-state index in [0.717, 1.165) is 30.4 Å². The Hall–Kier alpha value is -2.72. The predicted octanol–water partition coefficient (Wildman–Crippen LogP) is 9.64. The second-order valence-electron chi connectivity index (χ2n) is 10.0. The van der Waals surface area contributed by atoms with Crippen LogP contribution in [0.1, 0.15) is 55.1 Å². The normalized spacial score (nSPS) is 17.6. The Bertz CT molecular complexity index is 1340. The number of hydrogen-bond acceptors (Lipinski definition) is 1. The lowest BCUT2D eigenvalue weighted by Gasteiger charge is -2.42. The van der Waals surface area contributed by atoms with Crippen LogP contribution < -0.4 is 10.6 Å². The molecule has 0 aromatic heterocycles. The molecular formula is C32H29F6NP2. The molecule has 0 radical (unpaired) electrons. The fourth-order valence-electron chi connectivity index (χ4n) is 5.54. The lowest BCUT2D eigenvalue weighted by molar-refractivity contribution is 0.548. The first-order valence-electron chi connectivity index (χ1n) is 13.5. The van der Waals surface area contributed by atoms with Crippen LogP contribution in [0, 0.1) is 34.9 Å². The van der Waals surface area contributed by atoms with Gasteiger partial charge in [-0.25, -0.2) is 26.3 Å². The highest BCUT2D eigenvalue weighted by Crippen LogP contribution is 2.76. The summed E-state index contributed by atoms with van der Waals surface area (Å²) in [5.74, 6) is -7.15. The standard InChI is InChI=1S/C32H29F6NP2/c1-2-3-16-39(40-29(21-10-6-4-7-11-21)14-15-30(40)22-12-8-5-9-13-22)41(31-25(35)17-23(33)18-26(31)36)32-27(37)19-24(34)20-28(32)38/h4-13,17-20,29-30H,2-3,14-16H2,1H3/t29-,30-/m1/s1. The summed E-state index contributed by atoms with van der Waals surface area (Å²) in [4.78, 5) is 0. The zero-order valence-corrected chi connectivity index (χ0v) is 24.2. The summed E-state index contributed by atoms with van der Waals surface area (Å²) in [5, 5.41) is -1.18. The molecule has 0 amide bonds. The monoisotopic (exact) mass is 603 g/mol. The fourth-order valence-corrected chi connectivity index (χ4v) is 13.0. The molecule has 4 aromatic rings. The number of unbranched alkanes of at least 4 members (excludes halogenated alkanes) is 1. The summed E-state index contributed by atoms with van der Waals surface area (Å²) >= 11 is 0. The van der Waals surface area contributed by atoms with Crippen molar-refractivity contribution in [1.82, 2.24) is 4.44 Å². The van der Waals surface area contributed by atoms with Crippen LogP contribution in [0.5, 0.6) is 0 Å². The molecule has 0 saturated carbocycles. The van der Waals surface area contributed by atoms with Gasteiger partial charge in [-0.2, -0.15) is 0 Å². The predicted molar refractivity (Wildman–Crippen MR) is 155 cm³/mol. The third-order valence-electron chi connectivity index (χ3n) is 7.32. The molecule has 1 saturated heterocycles. The highest BCUT2D eigenvalue weighted by molar-refractivity contribution is 7.79. The smallest absolute Gasteiger partial charge is 0.138 e. The molecular weight excluding hydrogens is 574 g/mol. The van der Waals surface area contributed by atoms with Crippen molar-refractivity contribution in [2.24, 2.45) is 0 Å². The third kappa shape index (κ3) is 6.23. The lowest BCUT2D eigenvalue weighted by Crippen LogP contribution is -2.33. The molecule has 1 nitrogen and oxygen atoms in total. The minimum Gasteiger partial charge on any atom is -0.251 e. The Morgan fingerprint density at radius 2 is 1.05 bits per heavy atom. The largest absolute Gasteiger partial charge is 0.251 e. The minimum atomic E-state index is -2.55. The van der Waals surface area contributed by atoms with Crippen molar-refractivity contribution in [2.75, 3.05) is 6.54 Å². The Labute approximate surface area is 238 Å². The lowest BCUT2D eigenvalue weighted by atomic mass is 10.0. The summed E-state index contributed by atoms with van der Waals surface area (Å²) in [6.45, 7) is 2.26. The van der Waals surface area contributed by atoms with Crippen LogP contribution >= 0.6 is 16.1 Å². The average molecular weight is 604 g/mol. The van der Waals surface area contributed by atoms with Crippen LogP contribution in [0.25, 0.3) is 0 Å². The Morgan fingerprint density at radius 1 is 0.659 bits per heavy atom. The van der Waals surface area contributed by atoms with Gasteiger partial charge < -0.3 is 0 Å². The summed E-state index contributed by atoms with van der Waals surface area (Å²) in [6.07, 6.45) is 2.85. The van der Waals surface area contributed by atoms with Crippen molar-refractivity contribution < 1.29 is 26.3 Å². The number of nitrogens with zero attached hydrogens (tertiary/aromatic N) is 1.